The standard InChI is InChI=1S/C20H25N5O/c1-14-6-8-15(9-7-14)21-20-22-18-4-3-5-19(25(18)23-20)24(2)16-10-12-17(26)13-11-16/h3-9,16-17,26H,10-13H2,1-2H3,(H,21,23). The molecule has 1 aromatic carbocycles. The van der Waals surface area contributed by atoms with E-state index in [1.54, 1.807) is 0 Å². The average Bonchev–Trinajstić information content (AvgIpc) is 3.06. The van der Waals surface area contributed by atoms with Crippen LogP contribution in [-0.2, 0) is 0 Å². The summed E-state index contributed by atoms with van der Waals surface area (Å²) < 4.78 is 1.89. The van der Waals surface area contributed by atoms with Crippen LogP contribution in [0.1, 0.15) is 31.2 Å². The fraction of sp³-hybridized carbons (Fsp3) is 0.400. The normalized spacial score (nSPS) is 20.3. The monoisotopic (exact) mass is 351 g/mol. The van der Waals surface area contributed by atoms with Gasteiger partial charge in [0, 0.05) is 18.8 Å². The molecule has 0 saturated heterocycles. The molecular weight excluding hydrogens is 326 g/mol. The van der Waals surface area contributed by atoms with Gasteiger partial charge in [-0.1, -0.05) is 23.8 Å². The minimum atomic E-state index is -0.146. The van der Waals surface area contributed by atoms with Crippen LogP contribution in [0.15, 0.2) is 42.5 Å². The molecule has 0 unspecified atom stereocenters. The predicted molar refractivity (Wildman–Crippen MR) is 104 cm³/mol. The number of pyridine rings is 1. The van der Waals surface area contributed by atoms with Gasteiger partial charge in [0.1, 0.15) is 5.82 Å². The van der Waals surface area contributed by atoms with Crippen LogP contribution in [0.5, 0.6) is 0 Å². The summed E-state index contributed by atoms with van der Waals surface area (Å²) in [5, 5.41) is 17.7. The van der Waals surface area contributed by atoms with Gasteiger partial charge in [0.15, 0.2) is 5.65 Å². The number of fused-ring (bicyclic) bond motifs is 1. The molecule has 136 valence electrons. The number of nitrogens with one attached hydrogen (secondary N) is 1. The molecule has 0 atom stereocenters. The van der Waals surface area contributed by atoms with E-state index in [0.29, 0.717) is 12.0 Å². The first kappa shape index (κ1) is 16.8. The molecule has 0 amide bonds. The van der Waals surface area contributed by atoms with Gasteiger partial charge in [-0.2, -0.15) is 9.50 Å². The summed E-state index contributed by atoms with van der Waals surface area (Å²) in [6.45, 7) is 2.07. The highest BCUT2D eigenvalue weighted by Gasteiger charge is 2.24. The molecule has 2 N–H and O–H groups in total. The van der Waals surface area contributed by atoms with Crippen LogP contribution in [0.2, 0.25) is 0 Å². The summed E-state index contributed by atoms with van der Waals surface area (Å²) in [6, 6.07) is 14.7. The van der Waals surface area contributed by atoms with Gasteiger partial charge in [-0.25, -0.2) is 0 Å². The smallest absolute Gasteiger partial charge is 0.247 e. The Morgan fingerprint density at radius 1 is 1.08 bits per heavy atom. The molecule has 2 heterocycles. The minimum absolute atomic E-state index is 0.146. The molecule has 3 aromatic rings. The number of aromatic nitrogens is 3. The van der Waals surface area contributed by atoms with Crippen molar-refractivity contribution in [3.05, 3.63) is 48.0 Å². The Morgan fingerprint density at radius 3 is 2.54 bits per heavy atom. The molecule has 1 fully saturated rings. The third kappa shape index (κ3) is 3.37. The largest absolute Gasteiger partial charge is 0.393 e. The number of hydrogen-bond donors (Lipinski definition) is 2. The summed E-state index contributed by atoms with van der Waals surface area (Å²) in [7, 11) is 2.10. The molecule has 0 bridgehead atoms. The number of anilines is 3. The number of aryl methyl sites for hydroxylation is 1. The Kier molecular flexibility index (Phi) is 4.51. The van der Waals surface area contributed by atoms with Crippen LogP contribution < -0.4 is 10.2 Å². The highest BCUT2D eigenvalue weighted by molar-refractivity contribution is 5.58. The number of benzene rings is 1. The molecule has 6 heteroatoms. The van der Waals surface area contributed by atoms with E-state index in [1.165, 1.54) is 5.56 Å². The highest BCUT2D eigenvalue weighted by Crippen LogP contribution is 2.27. The second kappa shape index (κ2) is 6.96. The number of nitrogens with zero attached hydrogens (tertiary/aromatic N) is 4. The predicted octanol–water partition coefficient (Wildman–Crippen LogP) is 3.52. The maximum Gasteiger partial charge on any atom is 0.247 e. The van der Waals surface area contributed by atoms with E-state index in [-0.39, 0.29) is 6.10 Å². The van der Waals surface area contributed by atoms with E-state index in [4.69, 9.17) is 0 Å². The molecule has 4 rings (SSSR count). The van der Waals surface area contributed by atoms with Crippen molar-refractivity contribution in [1.82, 2.24) is 14.6 Å². The van der Waals surface area contributed by atoms with Crippen molar-refractivity contribution >= 4 is 23.1 Å². The van der Waals surface area contributed by atoms with Gasteiger partial charge in [-0.05, 0) is 56.9 Å². The molecule has 0 spiro atoms. The lowest BCUT2D eigenvalue weighted by Gasteiger charge is -2.34. The van der Waals surface area contributed by atoms with Crippen LogP contribution in [0.25, 0.3) is 5.65 Å². The molecule has 26 heavy (non-hydrogen) atoms. The van der Waals surface area contributed by atoms with Gasteiger partial charge < -0.3 is 15.3 Å². The van der Waals surface area contributed by atoms with Crippen molar-refractivity contribution in [1.29, 1.82) is 0 Å². The molecule has 1 aliphatic carbocycles. The van der Waals surface area contributed by atoms with Crippen molar-refractivity contribution in [2.75, 3.05) is 17.3 Å². The van der Waals surface area contributed by atoms with E-state index in [9.17, 15) is 5.11 Å². The van der Waals surface area contributed by atoms with Gasteiger partial charge >= 0.3 is 0 Å². The molecule has 6 nitrogen and oxygen atoms in total. The average molecular weight is 351 g/mol. The Hall–Kier alpha value is -2.60. The lowest BCUT2D eigenvalue weighted by atomic mass is 9.92. The molecule has 1 aliphatic rings. The third-order valence-electron chi connectivity index (χ3n) is 5.22. The summed E-state index contributed by atoms with van der Waals surface area (Å²) in [4.78, 5) is 6.87. The summed E-state index contributed by atoms with van der Waals surface area (Å²) in [6.07, 6.45) is 3.58. The zero-order chi connectivity index (χ0) is 18.1. The fourth-order valence-electron chi connectivity index (χ4n) is 3.61. The Bertz CT molecular complexity index is 881. The first-order valence-corrected chi connectivity index (χ1v) is 9.20. The first-order chi connectivity index (χ1) is 12.6. The lowest BCUT2D eigenvalue weighted by molar-refractivity contribution is 0.122. The second-order valence-electron chi connectivity index (χ2n) is 7.15. The van der Waals surface area contributed by atoms with E-state index < -0.39 is 0 Å². The molecule has 0 radical (unpaired) electrons. The van der Waals surface area contributed by atoms with E-state index in [2.05, 4.69) is 52.5 Å². The van der Waals surface area contributed by atoms with E-state index in [0.717, 1.165) is 42.8 Å². The van der Waals surface area contributed by atoms with Crippen molar-refractivity contribution < 1.29 is 5.11 Å². The first-order valence-electron chi connectivity index (χ1n) is 9.20. The van der Waals surface area contributed by atoms with Crippen LogP contribution in [0.3, 0.4) is 0 Å². The van der Waals surface area contributed by atoms with Crippen LogP contribution in [0, 0.1) is 6.92 Å². The zero-order valence-electron chi connectivity index (χ0n) is 15.3. The third-order valence-corrected chi connectivity index (χ3v) is 5.22. The Labute approximate surface area is 153 Å². The van der Waals surface area contributed by atoms with E-state index in [1.807, 2.05) is 28.8 Å². The number of aliphatic hydroxyl groups excluding tert-OH is 1. The van der Waals surface area contributed by atoms with Crippen molar-refractivity contribution in [3.63, 3.8) is 0 Å². The van der Waals surface area contributed by atoms with E-state index >= 15 is 0 Å². The highest BCUT2D eigenvalue weighted by atomic mass is 16.3. The number of hydrogen-bond acceptors (Lipinski definition) is 5. The maximum absolute atomic E-state index is 9.76. The Morgan fingerprint density at radius 2 is 1.81 bits per heavy atom. The molecule has 2 aromatic heterocycles. The van der Waals surface area contributed by atoms with Gasteiger partial charge in [-0.3, -0.25) is 0 Å². The van der Waals surface area contributed by atoms with Crippen LogP contribution in [0.4, 0.5) is 17.5 Å². The number of aliphatic hydroxyl groups is 1. The van der Waals surface area contributed by atoms with Crippen LogP contribution in [-0.4, -0.2) is 38.9 Å². The summed E-state index contributed by atoms with van der Waals surface area (Å²) in [5.74, 6) is 1.61. The van der Waals surface area contributed by atoms with Gasteiger partial charge in [-0.15, -0.1) is 5.10 Å². The minimum Gasteiger partial charge on any atom is -0.393 e. The van der Waals surface area contributed by atoms with Gasteiger partial charge in [0.25, 0.3) is 0 Å². The summed E-state index contributed by atoms with van der Waals surface area (Å²) in [5.41, 5.74) is 3.02. The van der Waals surface area contributed by atoms with Crippen molar-refractivity contribution in [3.8, 4) is 0 Å². The quantitative estimate of drug-likeness (QED) is 0.753. The molecule has 0 aliphatic heterocycles. The fourth-order valence-corrected chi connectivity index (χ4v) is 3.61. The SMILES string of the molecule is Cc1ccc(Nc2nc3cccc(N(C)C4CCC(O)CC4)n3n2)cc1. The molecular formula is C20H25N5O. The van der Waals surface area contributed by atoms with Gasteiger partial charge in [0.05, 0.1) is 6.10 Å². The lowest BCUT2D eigenvalue weighted by Crippen LogP contribution is -2.37. The maximum atomic E-state index is 9.76. The summed E-state index contributed by atoms with van der Waals surface area (Å²) >= 11 is 0. The van der Waals surface area contributed by atoms with Gasteiger partial charge in [0.2, 0.25) is 5.95 Å². The van der Waals surface area contributed by atoms with Crippen LogP contribution >= 0.6 is 0 Å². The zero-order valence-corrected chi connectivity index (χ0v) is 15.3. The topological polar surface area (TPSA) is 65.7 Å². The van der Waals surface area contributed by atoms with Crippen molar-refractivity contribution in [2.24, 2.45) is 0 Å². The second-order valence-corrected chi connectivity index (χ2v) is 7.15. The van der Waals surface area contributed by atoms with Crippen molar-refractivity contribution in [2.45, 2.75) is 44.8 Å². The number of rotatable bonds is 4. The Balaban J connectivity index is 1.60. The molecule has 1 saturated carbocycles.